The Morgan fingerprint density at radius 1 is 1.41 bits per heavy atom. The van der Waals surface area contributed by atoms with Gasteiger partial charge in [-0.15, -0.1) is 0 Å². The summed E-state index contributed by atoms with van der Waals surface area (Å²) in [5, 5.41) is 14.5. The van der Waals surface area contributed by atoms with Gasteiger partial charge in [0.1, 0.15) is 0 Å². The minimum atomic E-state index is -1.04. The fourth-order valence-corrected chi connectivity index (χ4v) is 2.77. The molecular formula is C15H17N3O4. The Morgan fingerprint density at radius 3 is 2.95 bits per heavy atom. The van der Waals surface area contributed by atoms with E-state index in [1.807, 2.05) is 31.3 Å². The van der Waals surface area contributed by atoms with Crippen LogP contribution in [0.1, 0.15) is 5.69 Å². The number of hydrogen-bond donors (Lipinski definition) is 1. The van der Waals surface area contributed by atoms with Crippen molar-refractivity contribution in [1.29, 1.82) is 0 Å². The summed E-state index contributed by atoms with van der Waals surface area (Å²) in [4.78, 5) is 25.1. The number of para-hydroxylation sites is 1. The second-order valence-electron chi connectivity index (χ2n) is 5.28. The van der Waals surface area contributed by atoms with E-state index in [1.165, 1.54) is 4.90 Å². The molecule has 0 bridgehead atoms. The van der Waals surface area contributed by atoms with E-state index in [0.717, 1.165) is 10.9 Å². The molecular weight excluding hydrogens is 286 g/mol. The number of carboxylic acids is 1. The first-order chi connectivity index (χ1) is 10.6. The Balaban J connectivity index is 1.85. The molecule has 1 N–H and O–H groups in total. The Morgan fingerprint density at radius 2 is 2.18 bits per heavy atom. The van der Waals surface area contributed by atoms with Crippen molar-refractivity contribution in [2.45, 2.75) is 12.5 Å². The van der Waals surface area contributed by atoms with E-state index in [-0.39, 0.29) is 18.9 Å². The second-order valence-corrected chi connectivity index (χ2v) is 5.28. The van der Waals surface area contributed by atoms with Gasteiger partial charge in [0.2, 0.25) is 5.91 Å². The van der Waals surface area contributed by atoms with Gasteiger partial charge in [-0.3, -0.25) is 9.48 Å². The SMILES string of the molecule is Cn1nc(CC(=O)N2CCOC[C@H]2C(=O)O)c2ccccc21. The number of ether oxygens (including phenoxy) is 1. The van der Waals surface area contributed by atoms with E-state index >= 15 is 0 Å². The summed E-state index contributed by atoms with van der Waals surface area (Å²) in [6.45, 7) is 0.684. The smallest absolute Gasteiger partial charge is 0.328 e. The number of morpholine rings is 1. The monoisotopic (exact) mass is 303 g/mol. The molecule has 1 amide bonds. The van der Waals surface area contributed by atoms with Crippen molar-refractivity contribution in [3.05, 3.63) is 30.0 Å². The van der Waals surface area contributed by atoms with Gasteiger partial charge in [-0.2, -0.15) is 5.10 Å². The summed E-state index contributed by atoms with van der Waals surface area (Å²) in [6.07, 6.45) is 0.0884. The van der Waals surface area contributed by atoms with Crippen molar-refractivity contribution in [2.24, 2.45) is 7.05 Å². The quantitative estimate of drug-likeness (QED) is 0.888. The van der Waals surface area contributed by atoms with Crippen molar-refractivity contribution in [2.75, 3.05) is 19.8 Å². The van der Waals surface area contributed by atoms with Crippen LogP contribution in [0, 0.1) is 0 Å². The second kappa shape index (κ2) is 5.76. The van der Waals surface area contributed by atoms with Gasteiger partial charge in [0.15, 0.2) is 6.04 Å². The first-order valence-electron chi connectivity index (χ1n) is 7.08. The van der Waals surface area contributed by atoms with Crippen LogP contribution in [0.5, 0.6) is 0 Å². The van der Waals surface area contributed by atoms with Gasteiger partial charge in [0.05, 0.1) is 30.8 Å². The molecule has 116 valence electrons. The Hall–Kier alpha value is -2.41. The molecule has 0 unspecified atom stereocenters. The molecule has 7 nitrogen and oxygen atoms in total. The molecule has 3 rings (SSSR count). The zero-order valence-corrected chi connectivity index (χ0v) is 12.2. The van der Waals surface area contributed by atoms with Crippen LogP contribution in [0.15, 0.2) is 24.3 Å². The highest BCUT2D eigenvalue weighted by Crippen LogP contribution is 2.19. The number of aryl methyl sites for hydroxylation is 1. The summed E-state index contributed by atoms with van der Waals surface area (Å²) in [5.41, 5.74) is 1.61. The number of aromatic nitrogens is 2. The zero-order valence-electron chi connectivity index (χ0n) is 12.2. The van der Waals surface area contributed by atoms with Gasteiger partial charge in [0.25, 0.3) is 0 Å². The molecule has 0 spiro atoms. The van der Waals surface area contributed by atoms with Crippen LogP contribution in [0.2, 0.25) is 0 Å². The van der Waals surface area contributed by atoms with Gasteiger partial charge >= 0.3 is 5.97 Å². The largest absolute Gasteiger partial charge is 0.480 e. The van der Waals surface area contributed by atoms with Gasteiger partial charge in [-0.1, -0.05) is 18.2 Å². The fourth-order valence-electron chi connectivity index (χ4n) is 2.77. The number of carbonyl (C=O) groups is 2. The maximum absolute atomic E-state index is 12.5. The highest BCUT2D eigenvalue weighted by Gasteiger charge is 2.33. The average molecular weight is 303 g/mol. The van der Waals surface area contributed by atoms with Crippen molar-refractivity contribution in [3.8, 4) is 0 Å². The maximum Gasteiger partial charge on any atom is 0.328 e. The molecule has 0 aliphatic carbocycles. The van der Waals surface area contributed by atoms with Crippen molar-refractivity contribution < 1.29 is 19.4 Å². The van der Waals surface area contributed by atoms with Gasteiger partial charge < -0.3 is 14.7 Å². The number of aliphatic carboxylic acids is 1. The molecule has 1 aliphatic rings. The van der Waals surface area contributed by atoms with Gasteiger partial charge in [-0.25, -0.2) is 4.79 Å². The predicted molar refractivity (Wildman–Crippen MR) is 78.4 cm³/mol. The van der Waals surface area contributed by atoms with Crippen LogP contribution < -0.4 is 0 Å². The molecule has 7 heteroatoms. The summed E-state index contributed by atoms with van der Waals surface area (Å²) in [5.74, 6) is -1.28. The molecule has 0 saturated carbocycles. The van der Waals surface area contributed by atoms with Crippen molar-refractivity contribution in [1.82, 2.24) is 14.7 Å². The highest BCUT2D eigenvalue weighted by molar-refractivity contribution is 5.89. The standard InChI is InChI=1S/C15H17N3O4/c1-17-12-5-3-2-4-10(12)11(16-17)8-14(19)18-6-7-22-9-13(18)15(20)21/h2-5,13H,6-9H2,1H3,(H,20,21)/t13-/m0/s1. The highest BCUT2D eigenvalue weighted by atomic mass is 16.5. The third-order valence-corrected chi connectivity index (χ3v) is 3.89. The first-order valence-corrected chi connectivity index (χ1v) is 7.08. The summed E-state index contributed by atoms with van der Waals surface area (Å²) in [6, 6.07) is 6.74. The lowest BCUT2D eigenvalue weighted by Gasteiger charge is -2.32. The van der Waals surface area contributed by atoms with E-state index in [9.17, 15) is 14.7 Å². The molecule has 2 heterocycles. The molecule has 0 radical (unpaired) electrons. The summed E-state index contributed by atoms with van der Waals surface area (Å²) >= 11 is 0. The predicted octanol–water partition coefficient (Wildman–Crippen LogP) is 0.428. The van der Waals surface area contributed by atoms with E-state index in [1.54, 1.807) is 4.68 Å². The van der Waals surface area contributed by atoms with Crippen LogP contribution in [0.3, 0.4) is 0 Å². The number of rotatable bonds is 3. The Kier molecular flexibility index (Phi) is 3.81. The lowest BCUT2D eigenvalue weighted by molar-refractivity contribution is -0.158. The molecule has 1 saturated heterocycles. The number of carbonyl (C=O) groups excluding carboxylic acids is 1. The first kappa shape index (κ1) is 14.5. The molecule has 2 aromatic rings. The number of hydrogen-bond acceptors (Lipinski definition) is 4. The third kappa shape index (κ3) is 2.55. The van der Waals surface area contributed by atoms with Crippen molar-refractivity contribution in [3.63, 3.8) is 0 Å². The summed E-state index contributed by atoms with van der Waals surface area (Å²) < 4.78 is 6.88. The number of nitrogens with zero attached hydrogens (tertiary/aromatic N) is 3. The minimum Gasteiger partial charge on any atom is -0.480 e. The van der Waals surface area contributed by atoms with E-state index in [0.29, 0.717) is 18.8 Å². The third-order valence-electron chi connectivity index (χ3n) is 3.89. The number of fused-ring (bicyclic) bond motifs is 1. The van der Waals surface area contributed by atoms with Crippen LogP contribution in [0.25, 0.3) is 10.9 Å². The Bertz CT molecular complexity index is 725. The molecule has 22 heavy (non-hydrogen) atoms. The van der Waals surface area contributed by atoms with Crippen LogP contribution in [-0.2, 0) is 27.8 Å². The Labute approximate surface area is 127 Å². The number of amides is 1. The van der Waals surface area contributed by atoms with Gasteiger partial charge in [0, 0.05) is 19.0 Å². The van der Waals surface area contributed by atoms with Crippen LogP contribution in [0.4, 0.5) is 0 Å². The minimum absolute atomic E-state index is 0.0318. The fraction of sp³-hybridized carbons (Fsp3) is 0.400. The normalized spacial score (nSPS) is 18.6. The maximum atomic E-state index is 12.5. The zero-order chi connectivity index (χ0) is 15.7. The molecule has 1 aromatic carbocycles. The lowest BCUT2D eigenvalue weighted by atomic mass is 10.1. The lowest BCUT2D eigenvalue weighted by Crippen LogP contribution is -2.53. The summed E-state index contributed by atoms with van der Waals surface area (Å²) in [7, 11) is 1.82. The molecule has 1 atom stereocenters. The van der Waals surface area contributed by atoms with Gasteiger partial charge in [-0.05, 0) is 6.07 Å². The van der Waals surface area contributed by atoms with Crippen molar-refractivity contribution >= 4 is 22.8 Å². The molecule has 1 aliphatic heterocycles. The number of benzene rings is 1. The number of carboxylic acid groups (broad SMARTS) is 1. The average Bonchev–Trinajstić information content (AvgIpc) is 2.84. The topological polar surface area (TPSA) is 84.7 Å². The van der Waals surface area contributed by atoms with E-state index in [4.69, 9.17) is 4.74 Å². The van der Waals surface area contributed by atoms with E-state index < -0.39 is 12.0 Å². The molecule has 1 aromatic heterocycles. The van der Waals surface area contributed by atoms with Crippen LogP contribution in [-0.4, -0.2) is 57.5 Å². The van der Waals surface area contributed by atoms with Crippen LogP contribution >= 0.6 is 0 Å². The van der Waals surface area contributed by atoms with E-state index in [2.05, 4.69) is 5.10 Å². The molecule has 1 fully saturated rings.